The molecule has 0 saturated carbocycles. The van der Waals surface area contributed by atoms with Gasteiger partial charge in [0.2, 0.25) is 17.5 Å². The number of ketones is 2. The Bertz CT molecular complexity index is 1460. The predicted octanol–water partition coefficient (Wildman–Crippen LogP) is 1.07. The van der Waals surface area contributed by atoms with Crippen LogP contribution in [0, 0.1) is 13.8 Å². The van der Waals surface area contributed by atoms with E-state index in [1.165, 1.54) is 24.3 Å². The molecule has 2 aromatic carbocycles. The summed E-state index contributed by atoms with van der Waals surface area (Å²) >= 11 is 0. The maximum absolute atomic E-state index is 12.8. The molecule has 0 bridgehead atoms. The van der Waals surface area contributed by atoms with Crippen molar-refractivity contribution in [2.24, 2.45) is 5.73 Å². The normalized spacial score (nSPS) is 16.6. The second-order valence-corrected chi connectivity index (χ2v) is 10.7. The molecule has 3 aromatic rings. The van der Waals surface area contributed by atoms with Crippen LogP contribution in [0.1, 0.15) is 56.4 Å². The summed E-state index contributed by atoms with van der Waals surface area (Å²) in [5, 5.41) is 50.3. The number of aliphatic hydroxyl groups excluding tert-OH is 1. The minimum absolute atomic E-state index is 0.174. The highest BCUT2D eigenvalue weighted by Crippen LogP contribution is 2.32. The number of nitrogens with zero attached hydrogens (tertiary/aromatic N) is 2. The minimum Gasteiger partial charge on any atom is -0.479 e. The number of aryl methyl sites for hydroxylation is 2. The summed E-state index contributed by atoms with van der Waals surface area (Å²) < 4.78 is 0. The molecule has 7 N–H and O–H groups in total. The van der Waals surface area contributed by atoms with Crippen LogP contribution in [0.2, 0.25) is 0 Å². The fraction of sp³-hybridized carbons (Fsp3) is 0.312. The molecule has 13 heteroatoms. The molecule has 0 aliphatic carbocycles. The zero-order valence-corrected chi connectivity index (χ0v) is 24.7. The Morgan fingerprint density at radius 1 is 0.733 bits per heavy atom. The summed E-state index contributed by atoms with van der Waals surface area (Å²) in [5.41, 5.74) is -0.838. The quantitative estimate of drug-likeness (QED) is 0.138. The van der Waals surface area contributed by atoms with Gasteiger partial charge in [-0.25, -0.2) is 9.59 Å². The van der Waals surface area contributed by atoms with Crippen molar-refractivity contribution in [1.82, 2.24) is 9.88 Å². The monoisotopic (exact) mass is 621 g/mol. The number of carboxylic acid groups (broad SMARTS) is 2. The Morgan fingerprint density at radius 3 is 1.47 bits per heavy atom. The van der Waals surface area contributed by atoms with Gasteiger partial charge in [0.15, 0.2) is 0 Å². The number of Topliss-reactive ketones (excluding diaryl/α,β-unsaturated/α-hetero) is 2. The number of pyridine rings is 1. The number of aromatic nitrogens is 1. The number of amides is 1. The first kappa shape index (κ1) is 34.7. The van der Waals surface area contributed by atoms with Crippen molar-refractivity contribution >= 4 is 29.4 Å². The number of hydrogen-bond donors (Lipinski definition) is 6. The molecule has 1 aliphatic rings. The Morgan fingerprint density at radius 2 is 1.11 bits per heavy atom. The molecule has 1 saturated heterocycles. The largest absolute Gasteiger partial charge is 0.479 e. The first-order chi connectivity index (χ1) is 21.2. The number of hydrogen-bond acceptors (Lipinski definition) is 10. The zero-order valence-electron chi connectivity index (χ0n) is 24.7. The molecule has 1 aliphatic heterocycles. The molecule has 4 rings (SSSR count). The molecule has 1 fully saturated rings. The van der Waals surface area contributed by atoms with Gasteiger partial charge in [0.25, 0.3) is 11.2 Å². The van der Waals surface area contributed by atoms with Gasteiger partial charge in [0.05, 0.1) is 0 Å². The molecule has 0 radical (unpaired) electrons. The zero-order chi connectivity index (χ0) is 33.5. The molecule has 0 spiro atoms. The van der Waals surface area contributed by atoms with Crippen LogP contribution in [0.15, 0.2) is 73.1 Å². The second-order valence-electron chi connectivity index (χ2n) is 10.7. The van der Waals surface area contributed by atoms with Crippen molar-refractivity contribution < 1.29 is 49.5 Å². The van der Waals surface area contributed by atoms with Crippen molar-refractivity contribution in [2.75, 3.05) is 13.1 Å². The van der Waals surface area contributed by atoms with Crippen molar-refractivity contribution in [1.29, 1.82) is 0 Å². The minimum atomic E-state index is -3.96. The summed E-state index contributed by atoms with van der Waals surface area (Å²) in [7, 11) is 0. The third kappa shape index (κ3) is 7.13. The van der Waals surface area contributed by atoms with Crippen molar-refractivity contribution in [3.05, 3.63) is 101 Å². The summed E-state index contributed by atoms with van der Waals surface area (Å²) in [6, 6.07) is 12.8. The van der Waals surface area contributed by atoms with E-state index in [1.54, 1.807) is 43.3 Å². The highest BCUT2D eigenvalue weighted by Gasteiger charge is 2.69. The van der Waals surface area contributed by atoms with Gasteiger partial charge in [-0.05, 0) is 44.4 Å². The Balaban J connectivity index is 0.000000276. The van der Waals surface area contributed by atoms with E-state index in [2.05, 4.69) is 4.98 Å². The Labute approximate surface area is 258 Å². The average molecular weight is 622 g/mol. The lowest BCUT2D eigenvalue weighted by molar-refractivity contribution is -0.187. The second kappa shape index (κ2) is 14.3. The molecule has 45 heavy (non-hydrogen) atoms. The fourth-order valence-corrected chi connectivity index (χ4v) is 4.71. The van der Waals surface area contributed by atoms with Crippen LogP contribution < -0.4 is 5.73 Å². The SMILES string of the molecule is Cc1ccc(C(=O)C(O)(C(=O)O)C(O)(C(=O)O)C(=O)c2ccc(C)cc2)cc1.N[C@@H](C(=O)N1CCCC1)[C@@H](O)c1ccncc1. The first-order valence-corrected chi connectivity index (χ1v) is 13.9. The van der Waals surface area contributed by atoms with Gasteiger partial charge < -0.3 is 36.2 Å². The number of aliphatic hydroxyl groups is 3. The van der Waals surface area contributed by atoms with Crippen LogP contribution >= 0.6 is 0 Å². The molecule has 238 valence electrons. The average Bonchev–Trinajstić information content (AvgIpc) is 3.59. The molecular weight excluding hydrogens is 586 g/mol. The molecule has 1 aromatic heterocycles. The van der Waals surface area contributed by atoms with Crippen LogP contribution in [-0.2, 0) is 14.4 Å². The maximum Gasteiger partial charge on any atom is 0.348 e. The van der Waals surface area contributed by atoms with E-state index in [4.69, 9.17) is 5.73 Å². The van der Waals surface area contributed by atoms with E-state index >= 15 is 0 Å². The fourth-order valence-electron chi connectivity index (χ4n) is 4.71. The Hall–Kier alpha value is -4.82. The number of benzene rings is 2. The molecule has 1 amide bonds. The first-order valence-electron chi connectivity index (χ1n) is 13.9. The highest BCUT2D eigenvalue weighted by atomic mass is 16.5. The van der Waals surface area contributed by atoms with Crippen LogP contribution in [0.3, 0.4) is 0 Å². The summed E-state index contributed by atoms with van der Waals surface area (Å²) in [5.74, 6) is -8.19. The lowest BCUT2D eigenvalue weighted by Crippen LogP contribution is -2.71. The standard InChI is InChI=1S/C20H18O8.C12H17N3O2/c1-11-3-7-13(8-4-11)15(21)19(27,17(23)24)20(28,18(25)26)16(22)14-9-5-12(2)6-10-14;13-10(12(17)15-7-1-2-8-15)11(16)9-3-5-14-6-4-9/h3-10,27-28H,1-2H3,(H,23,24)(H,25,26);3-6,10-11,16H,1-2,7-8,13H2/t;10-,11+/m.1/s1. The Kier molecular flexibility index (Phi) is 11.0. The summed E-state index contributed by atoms with van der Waals surface area (Å²) in [6.45, 7) is 4.86. The van der Waals surface area contributed by atoms with Gasteiger partial charge in [-0.1, -0.05) is 59.7 Å². The third-order valence-corrected chi connectivity index (χ3v) is 7.52. The van der Waals surface area contributed by atoms with E-state index in [0.717, 1.165) is 50.2 Å². The number of aliphatic carboxylic acids is 2. The van der Waals surface area contributed by atoms with E-state index in [0.29, 0.717) is 16.7 Å². The third-order valence-electron chi connectivity index (χ3n) is 7.52. The van der Waals surface area contributed by atoms with Gasteiger partial charge >= 0.3 is 11.9 Å². The topological polar surface area (TPSA) is 229 Å². The van der Waals surface area contributed by atoms with Crippen LogP contribution in [-0.4, -0.2) is 95.2 Å². The van der Waals surface area contributed by atoms with Crippen LogP contribution in [0.25, 0.3) is 0 Å². The molecule has 2 heterocycles. The predicted molar refractivity (Wildman–Crippen MR) is 159 cm³/mol. The van der Waals surface area contributed by atoms with Gasteiger partial charge in [0, 0.05) is 36.6 Å². The van der Waals surface area contributed by atoms with Crippen molar-refractivity contribution in [3.8, 4) is 0 Å². The van der Waals surface area contributed by atoms with Gasteiger partial charge in [0.1, 0.15) is 12.1 Å². The van der Waals surface area contributed by atoms with Gasteiger partial charge in [-0.2, -0.15) is 0 Å². The lowest BCUT2D eigenvalue weighted by atomic mass is 9.73. The molecule has 2 unspecified atom stereocenters. The number of likely N-dealkylation sites (tertiary alicyclic amines) is 1. The number of carboxylic acids is 2. The van der Waals surface area contributed by atoms with Gasteiger partial charge in [-0.15, -0.1) is 0 Å². The lowest BCUT2D eigenvalue weighted by Gasteiger charge is -2.34. The smallest absolute Gasteiger partial charge is 0.348 e. The summed E-state index contributed by atoms with van der Waals surface area (Å²) in [4.78, 5) is 66.7. The number of rotatable bonds is 10. The van der Waals surface area contributed by atoms with E-state index in [1.807, 2.05) is 0 Å². The van der Waals surface area contributed by atoms with E-state index in [9.17, 15) is 49.5 Å². The van der Waals surface area contributed by atoms with Crippen molar-refractivity contribution in [3.63, 3.8) is 0 Å². The molecule has 13 nitrogen and oxygen atoms in total. The maximum atomic E-state index is 12.8. The summed E-state index contributed by atoms with van der Waals surface area (Å²) in [6.07, 6.45) is 4.22. The van der Waals surface area contributed by atoms with Gasteiger partial charge in [-0.3, -0.25) is 19.4 Å². The van der Waals surface area contributed by atoms with E-state index < -0.39 is 46.9 Å². The highest BCUT2D eigenvalue weighted by molar-refractivity contribution is 6.28. The van der Waals surface area contributed by atoms with Crippen LogP contribution in [0.4, 0.5) is 0 Å². The number of carbonyl (C=O) groups excluding carboxylic acids is 3. The van der Waals surface area contributed by atoms with Crippen LogP contribution in [0.5, 0.6) is 0 Å². The number of nitrogens with two attached hydrogens (primary N) is 1. The number of carbonyl (C=O) groups is 5. The van der Waals surface area contributed by atoms with E-state index in [-0.39, 0.29) is 17.0 Å². The van der Waals surface area contributed by atoms with Crippen molar-refractivity contribution in [2.45, 2.75) is 50.0 Å². The molecular formula is C32H35N3O10. The molecule has 4 atom stereocenters.